The Labute approximate surface area is 181 Å². The van der Waals surface area contributed by atoms with Gasteiger partial charge in [-0.3, -0.25) is 14.2 Å². The molecule has 0 bridgehead atoms. The van der Waals surface area contributed by atoms with Gasteiger partial charge < -0.3 is 10.1 Å². The monoisotopic (exact) mass is 445 g/mol. The summed E-state index contributed by atoms with van der Waals surface area (Å²) in [6, 6.07) is 3.90. The molecule has 3 aromatic rings. The minimum atomic E-state index is -1.00. The molecule has 0 saturated heterocycles. The fourth-order valence-electron chi connectivity index (χ4n) is 3.96. The van der Waals surface area contributed by atoms with Crippen molar-refractivity contribution in [2.75, 3.05) is 6.61 Å². The highest BCUT2D eigenvalue weighted by Gasteiger charge is 2.42. The zero-order valence-electron chi connectivity index (χ0n) is 16.7. The van der Waals surface area contributed by atoms with Crippen LogP contribution in [-0.2, 0) is 20.9 Å². The largest absolute Gasteiger partial charge is 0.464 e. The summed E-state index contributed by atoms with van der Waals surface area (Å²) in [6.07, 6.45) is 5.24. The van der Waals surface area contributed by atoms with Gasteiger partial charge in [0.05, 0.1) is 18.3 Å². The van der Waals surface area contributed by atoms with Crippen LogP contribution in [0.3, 0.4) is 0 Å². The number of carbonyl (C=O) groups is 2. The third-order valence-corrected chi connectivity index (χ3v) is 7.20. The first kappa shape index (κ1) is 20.7. The van der Waals surface area contributed by atoms with E-state index in [-0.39, 0.29) is 24.6 Å². The minimum absolute atomic E-state index is 0.192. The van der Waals surface area contributed by atoms with Gasteiger partial charge in [-0.25, -0.2) is 9.78 Å². The number of nitrogens with zero attached hydrogens (tertiary/aromatic N) is 2. The molecular formula is C21H23N3O4S2. The topological polar surface area (TPSA) is 90.3 Å². The van der Waals surface area contributed by atoms with Crippen LogP contribution in [0.4, 0.5) is 0 Å². The number of ether oxygens (including phenoxy) is 1. The van der Waals surface area contributed by atoms with Crippen molar-refractivity contribution in [2.45, 2.75) is 51.1 Å². The van der Waals surface area contributed by atoms with E-state index in [9.17, 15) is 14.4 Å². The van der Waals surface area contributed by atoms with E-state index < -0.39 is 11.5 Å². The smallest absolute Gasteiger partial charge is 0.331 e. The highest BCUT2D eigenvalue weighted by atomic mass is 32.1. The maximum absolute atomic E-state index is 13.1. The second-order valence-corrected chi connectivity index (χ2v) is 9.20. The van der Waals surface area contributed by atoms with Gasteiger partial charge in [0.25, 0.3) is 5.56 Å². The first-order valence-electron chi connectivity index (χ1n) is 10.0. The summed E-state index contributed by atoms with van der Waals surface area (Å²) in [5.41, 5.74) is -0.419. The van der Waals surface area contributed by atoms with Crippen molar-refractivity contribution in [3.63, 3.8) is 0 Å². The van der Waals surface area contributed by atoms with Crippen LogP contribution in [0.2, 0.25) is 0 Å². The fraction of sp³-hybridized carbons (Fsp3) is 0.429. The van der Waals surface area contributed by atoms with Gasteiger partial charge in [0.1, 0.15) is 16.9 Å². The molecule has 1 aliphatic carbocycles. The maximum atomic E-state index is 13.1. The molecule has 0 aromatic carbocycles. The molecule has 4 rings (SSSR count). The molecule has 0 atom stereocenters. The van der Waals surface area contributed by atoms with E-state index >= 15 is 0 Å². The molecule has 7 nitrogen and oxygen atoms in total. The molecule has 0 radical (unpaired) electrons. The molecule has 1 N–H and O–H groups in total. The predicted molar refractivity (Wildman–Crippen MR) is 118 cm³/mol. The summed E-state index contributed by atoms with van der Waals surface area (Å²) in [5.74, 6) is -0.780. The Hall–Kier alpha value is -2.52. The first-order chi connectivity index (χ1) is 14.5. The quantitative estimate of drug-likeness (QED) is 0.586. The van der Waals surface area contributed by atoms with E-state index in [0.29, 0.717) is 23.1 Å². The van der Waals surface area contributed by atoms with Crippen LogP contribution < -0.4 is 10.9 Å². The lowest BCUT2D eigenvalue weighted by atomic mass is 9.81. The average Bonchev–Trinajstić information content (AvgIpc) is 3.41. The lowest BCUT2D eigenvalue weighted by molar-refractivity contribution is -0.155. The zero-order valence-corrected chi connectivity index (χ0v) is 18.3. The summed E-state index contributed by atoms with van der Waals surface area (Å²) >= 11 is 2.97. The van der Waals surface area contributed by atoms with Crippen molar-refractivity contribution in [3.05, 3.63) is 39.6 Å². The van der Waals surface area contributed by atoms with Gasteiger partial charge in [0.15, 0.2) is 0 Å². The van der Waals surface area contributed by atoms with Gasteiger partial charge in [-0.15, -0.1) is 22.7 Å². The maximum Gasteiger partial charge on any atom is 0.331 e. The Kier molecular flexibility index (Phi) is 6.01. The van der Waals surface area contributed by atoms with Gasteiger partial charge >= 0.3 is 5.97 Å². The lowest BCUT2D eigenvalue weighted by Gasteiger charge is -2.35. The Morgan fingerprint density at radius 1 is 1.27 bits per heavy atom. The van der Waals surface area contributed by atoms with E-state index in [1.807, 2.05) is 22.9 Å². The third kappa shape index (κ3) is 3.91. The highest BCUT2D eigenvalue weighted by molar-refractivity contribution is 7.18. The molecular weight excluding hydrogens is 422 g/mol. The highest BCUT2D eigenvalue weighted by Crippen LogP contribution is 2.33. The van der Waals surface area contributed by atoms with Crippen LogP contribution in [0, 0.1) is 0 Å². The molecule has 0 spiro atoms. The number of rotatable bonds is 6. The first-order valence-corrected chi connectivity index (χ1v) is 11.8. The van der Waals surface area contributed by atoms with Crippen LogP contribution in [0.15, 0.2) is 34.0 Å². The van der Waals surface area contributed by atoms with E-state index in [1.165, 1.54) is 22.2 Å². The van der Waals surface area contributed by atoms with Crippen molar-refractivity contribution in [1.82, 2.24) is 14.9 Å². The van der Waals surface area contributed by atoms with Crippen LogP contribution in [0.25, 0.3) is 20.7 Å². The van der Waals surface area contributed by atoms with Gasteiger partial charge in [-0.05, 0) is 31.2 Å². The molecule has 0 aliphatic heterocycles. The lowest BCUT2D eigenvalue weighted by Crippen LogP contribution is -2.57. The number of nitrogens with one attached hydrogen (secondary N) is 1. The second-order valence-electron chi connectivity index (χ2n) is 7.40. The molecule has 3 aromatic heterocycles. The van der Waals surface area contributed by atoms with Gasteiger partial charge in [0.2, 0.25) is 5.91 Å². The number of fused-ring (bicyclic) bond motifs is 1. The minimum Gasteiger partial charge on any atom is -0.464 e. The number of hydrogen-bond donors (Lipinski definition) is 1. The Bertz CT molecular complexity index is 1110. The summed E-state index contributed by atoms with van der Waals surface area (Å²) in [4.78, 5) is 44.5. The zero-order chi connectivity index (χ0) is 21.1. The van der Waals surface area contributed by atoms with Crippen molar-refractivity contribution in [1.29, 1.82) is 0 Å². The molecule has 3 heterocycles. The Balaban J connectivity index is 1.60. The van der Waals surface area contributed by atoms with Gasteiger partial charge in [-0.1, -0.05) is 25.3 Å². The normalized spacial score (nSPS) is 15.8. The SMILES string of the molecule is CCOC(=O)C1(NC(=O)Cn2cnc3scc(-c4cccs4)c3c2=O)CCCCC1. The van der Waals surface area contributed by atoms with E-state index in [0.717, 1.165) is 29.7 Å². The molecule has 30 heavy (non-hydrogen) atoms. The number of aromatic nitrogens is 2. The molecule has 1 aliphatic rings. The summed E-state index contributed by atoms with van der Waals surface area (Å²) < 4.78 is 6.54. The average molecular weight is 446 g/mol. The summed E-state index contributed by atoms with van der Waals surface area (Å²) in [7, 11) is 0. The van der Waals surface area contributed by atoms with Crippen molar-refractivity contribution >= 4 is 44.8 Å². The van der Waals surface area contributed by atoms with Crippen LogP contribution in [-0.4, -0.2) is 33.6 Å². The standard InChI is InChI=1S/C21H23N3O4S2/c1-2-28-20(27)21(8-4-3-5-9-21)23-16(25)11-24-13-22-18-17(19(24)26)14(12-30-18)15-7-6-10-29-15/h6-7,10,12-13H,2-5,8-9,11H2,1H3,(H,23,25). The van der Waals surface area contributed by atoms with Crippen LogP contribution in [0.5, 0.6) is 0 Å². The molecule has 9 heteroatoms. The number of thiophene rings is 2. The van der Waals surface area contributed by atoms with E-state index in [1.54, 1.807) is 18.3 Å². The van der Waals surface area contributed by atoms with Gasteiger partial charge in [-0.2, -0.15) is 0 Å². The van der Waals surface area contributed by atoms with Crippen LogP contribution in [0.1, 0.15) is 39.0 Å². The Morgan fingerprint density at radius 2 is 2.07 bits per heavy atom. The molecule has 0 unspecified atom stereocenters. The summed E-state index contributed by atoms with van der Waals surface area (Å²) in [5, 5.41) is 7.29. The molecule has 1 saturated carbocycles. The number of esters is 1. The molecule has 1 fully saturated rings. The number of amides is 1. The number of carbonyl (C=O) groups excluding carboxylic acids is 2. The van der Waals surface area contributed by atoms with Crippen molar-refractivity contribution in [2.24, 2.45) is 0 Å². The predicted octanol–water partition coefficient (Wildman–Crippen LogP) is 3.57. The molecule has 158 valence electrons. The van der Waals surface area contributed by atoms with E-state index in [2.05, 4.69) is 10.3 Å². The third-order valence-electron chi connectivity index (χ3n) is 5.41. The fourth-order valence-corrected chi connectivity index (χ4v) is 5.68. The number of hydrogen-bond acceptors (Lipinski definition) is 7. The molecule has 1 amide bonds. The van der Waals surface area contributed by atoms with Crippen LogP contribution >= 0.6 is 22.7 Å². The second kappa shape index (κ2) is 8.69. The van der Waals surface area contributed by atoms with Crippen molar-refractivity contribution in [3.8, 4) is 10.4 Å². The van der Waals surface area contributed by atoms with Gasteiger partial charge in [0, 0.05) is 15.8 Å². The Morgan fingerprint density at radius 3 is 2.77 bits per heavy atom. The van der Waals surface area contributed by atoms with E-state index in [4.69, 9.17) is 4.74 Å². The summed E-state index contributed by atoms with van der Waals surface area (Å²) in [6.45, 7) is 1.82. The van der Waals surface area contributed by atoms with Crippen molar-refractivity contribution < 1.29 is 14.3 Å².